The van der Waals surface area contributed by atoms with Crippen LogP contribution < -0.4 is 0 Å². The molecule has 1 aromatic carbocycles. The van der Waals surface area contributed by atoms with E-state index < -0.39 is 0 Å². The van der Waals surface area contributed by atoms with Crippen LogP contribution in [-0.2, 0) is 16.1 Å². The Morgan fingerprint density at radius 1 is 1.33 bits per heavy atom. The molecule has 0 aliphatic carbocycles. The van der Waals surface area contributed by atoms with Crippen molar-refractivity contribution in [2.45, 2.75) is 25.4 Å². The third kappa shape index (κ3) is 2.65. The first kappa shape index (κ1) is 9.90. The number of carbonyl (C=O) groups excluding carboxylic acids is 1. The van der Waals surface area contributed by atoms with Gasteiger partial charge >= 0.3 is 0 Å². The SMILES string of the molecule is O=CC1CC(CCc2ccccc2)=NO1. The molecule has 0 fully saturated rings. The zero-order valence-electron chi connectivity index (χ0n) is 8.43. The Morgan fingerprint density at radius 3 is 2.80 bits per heavy atom. The van der Waals surface area contributed by atoms with Gasteiger partial charge < -0.3 is 4.84 Å². The Labute approximate surface area is 88.7 Å². The van der Waals surface area contributed by atoms with Crippen LogP contribution in [0.5, 0.6) is 0 Å². The van der Waals surface area contributed by atoms with Crippen LogP contribution in [0.25, 0.3) is 0 Å². The average Bonchev–Trinajstić information content (AvgIpc) is 2.76. The Morgan fingerprint density at radius 2 is 2.13 bits per heavy atom. The molecule has 15 heavy (non-hydrogen) atoms. The predicted octanol–water partition coefficient (Wildman–Crippen LogP) is 1.96. The highest BCUT2D eigenvalue weighted by atomic mass is 16.6. The molecule has 0 saturated carbocycles. The largest absolute Gasteiger partial charge is 0.384 e. The van der Waals surface area contributed by atoms with Gasteiger partial charge in [0.1, 0.15) is 0 Å². The first-order valence-corrected chi connectivity index (χ1v) is 5.09. The maximum Gasteiger partial charge on any atom is 0.187 e. The van der Waals surface area contributed by atoms with Gasteiger partial charge in [0.25, 0.3) is 0 Å². The molecule has 3 heteroatoms. The fraction of sp³-hybridized carbons (Fsp3) is 0.333. The van der Waals surface area contributed by atoms with Crippen molar-refractivity contribution >= 4 is 12.0 Å². The summed E-state index contributed by atoms with van der Waals surface area (Å²) in [5, 5.41) is 3.89. The van der Waals surface area contributed by atoms with E-state index in [-0.39, 0.29) is 6.10 Å². The molecule has 1 unspecified atom stereocenters. The molecule has 1 aliphatic rings. The van der Waals surface area contributed by atoms with Gasteiger partial charge in [-0.3, -0.25) is 4.79 Å². The molecule has 78 valence electrons. The third-order valence-corrected chi connectivity index (χ3v) is 2.45. The molecule has 1 heterocycles. The summed E-state index contributed by atoms with van der Waals surface area (Å²) in [6.07, 6.45) is 2.92. The van der Waals surface area contributed by atoms with E-state index in [1.165, 1.54) is 5.56 Å². The zero-order chi connectivity index (χ0) is 10.5. The number of benzene rings is 1. The summed E-state index contributed by atoms with van der Waals surface area (Å²) >= 11 is 0. The minimum Gasteiger partial charge on any atom is -0.384 e. The molecular weight excluding hydrogens is 190 g/mol. The van der Waals surface area contributed by atoms with Crippen LogP contribution in [0.3, 0.4) is 0 Å². The number of carbonyl (C=O) groups is 1. The summed E-state index contributed by atoms with van der Waals surface area (Å²) in [5.41, 5.74) is 2.27. The van der Waals surface area contributed by atoms with E-state index in [2.05, 4.69) is 17.3 Å². The van der Waals surface area contributed by atoms with Crippen molar-refractivity contribution in [3.8, 4) is 0 Å². The third-order valence-electron chi connectivity index (χ3n) is 2.45. The van der Waals surface area contributed by atoms with Crippen LogP contribution in [0.2, 0.25) is 0 Å². The standard InChI is InChI=1S/C12H13NO2/c14-9-12-8-11(13-15-12)7-6-10-4-2-1-3-5-10/h1-5,9,12H,6-8H2. The normalized spacial score (nSPS) is 19.5. The van der Waals surface area contributed by atoms with Crippen LogP contribution in [0, 0.1) is 0 Å². The lowest BCUT2D eigenvalue weighted by Gasteiger charge is -1.99. The summed E-state index contributed by atoms with van der Waals surface area (Å²) in [7, 11) is 0. The maximum atomic E-state index is 10.4. The number of aldehydes is 1. The Bertz CT molecular complexity index is 359. The van der Waals surface area contributed by atoms with E-state index in [4.69, 9.17) is 4.84 Å². The number of nitrogens with zero attached hydrogens (tertiary/aromatic N) is 1. The van der Waals surface area contributed by atoms with E-state index in [0.717, 1.165) is 24.8 Å². The maximum absolute atomic E-state index is 10.4. The van der Waals surface area contributed by atoms with Gasteiger partial charge in [0.2, 0.25) is 0 Å². The Hall–Kier alpha value is -1.64. The molecule has 1 aromatic rings. The Kier molecular flexibility index (Phi) is 3.12. The molecule has 0 bridgehead atoms. The molecular formula is C12H13NO2. The van der Waals surface area contributed by atoms with Crippen molar-refractivity contribution in [3.63, 3.8) is 0 Å². The van der Waals surface area contributed by atoms with Gasteiger partial charge in [0, 0.05) is 6.42 Å². The molecule has 0 N–H and O–H groups in total. The highest BCUT2D eigenvalue weighted by molar-refractivity contribution is 5.88. The van der Waals surface area contributed by atoms with Crippen LogP contribution in [-0.4, -0.2) is 18.1 Å². The molecule has 2 rings (SSSR count). The van der Waals surface area contributed by atoms with E-state index >= 15 is 0 Å². The van der Waals surface area contributed by atoms with E-state index in [1.54, 1.807) is 0 Å². The molecule has 0 amide bonds. The topological polar surface area (TPSA) is 38.7 Å². The van der Waals surface area contributed by atoms with Gasteiger partial charge in [-0.25, -0.2) is 0 Å². The monoisotopic (exact) mass is 203 g/mol. The van der Waals surface area contributed by atoms with Gasteiger partial charge in [-0.05, 0) is 18.4 Å². The predicted molar refractivity (Wildman–Crippen MR) is 57.8 cm³/mol. The zero-order valence-corrected chi connectivity index (χ0v) is 8.43. The number of rotatable bonds is 4. The lowest BCUT2D eigenvalue weighted by atomic mass is 10.0. The molecule has 0 radical (unpaired) electrons. The number of hydrogen-bond acceptors (Lipinski definition) is 3. The molecule has 1 atom stereocenters. The van der Waals surface area contributed by atoms with Gasteiger partial charge in [0.15, 0.2) is 12.4 Å². The second kappa shape index (κ2) is 4.73. The van der Waals surface area contributed by atoms with Gasteiger partial charge in [-0.2, -0.15) is 0 Å². The van der Waals surface area contributed by atoms with Crippen molar-refractivity contribution < 1.29 is 9.63 Å². The Balaban J connectivity index is 1.82. The van der Waals surface area contributed by atoms with Gasteiger partial charge in [-0.1, -0.05) is 35.5 Å². The van der Waals surface area contributed by atoms with E-state index in [0.29, 0.717) is 6.42 Å². The fourth-order valence-corrected chi connectivity index (χ4v) is 1.60. The van der Waals surface area contributed by atoms with Gasteiger partial charge in [0.05, 0.1) is 5.71 Å². The second-order valence-corrected chi connectivity index (χ2v) is 3.63. The minimum atomic E-state index is -0.351. The quantitative estimate of drug-likeness (QED) is 0.702. The average molecular weight is 203 g/mol. The molecule has 3 nitrogen and oxygen atoms in total. The highest BCUT2D eigenvalue weighted by Crippen LogP contribution is 2.13. The lowest BCUT2D eigenvalue weighted by molar-refractivity contribution is -0.116. The summed E-state index contributed by atoms with van der Waals surface area (Å²) in [6, 6.07) is 10.2. The lowest BCUT2D eigenvalue weighted by Crippen LogP contribution is -2.09. The highest BCUT2D eigenvalue weighted by Gasteiger charge is 2.19. The van der Waals surface area contributed by atoms with E-state index in [1.807, 2.05) is 18.2 Å². The molecule has 0 aromatic heterocycles. The number of oxime groups is 1. The first-order valence-electron chi connectivity index (χ1n) is 5.09. The molecule has 0 saturated heterocycles. The second-order valence-electron chi connectivity index (χ2n) is 3.63. The minimum absolute atomic E-state index is 0.351. The van der Waals surface area contributed by atoms with Crippen molar-refractivity contribution in [1.29, 1.82) is 0 Å². The van der Waals surface area contributed by atoms with Crippen LogP contribution in [0.4, 0.5) is 0 Å². The van der Waals surface area contributed by atoms with Crippen molar-refractivity contribution in [2.75, 3.05) is 0 Å². The van der Waals surface area contributed by atoms with Crippen LogP contribution in [0.15, 0.2) is 35.5 Å². The van der Waals surface area contributed by atoms with Crippen molar-refractivity contribution in [3.05, 3.63) is 35.9 Å². The number of aryl methyl sites for hydroxylation is 1. The number of hydrogen-bond donors (Lipinski definition) is 0. The van der Waals surface area contributed by atoms with Crippen LogP contribution >= 0.6 is 0 Å². The van der Waals surface area contributed by atoms with Crippen molar-refractivity contribution in [1.82, 2.24) is 0 Å². The summed E-state index contributed by atoms with van der Waals surface area (Å²) in [6.45, 7) is 0. The van der Waals surface area contributed by atoms with Crippen molar-refractivity contribution in [2.24, 2.45) is 5.16 Å². The summed E-state index contributed by atoms with van der Waals surface area (Å²) < 4.78 is 0. The molecule has 0 spiro atoms. The fourth-order valence-electron chi connectivity index (χ4n) is 1.60. The van der Waals surface area contributed by atoms with Gasteiger partial charge in [-0.15, -0.1) is 0 Å². The summed E-state index contributed by atoms with van der Waals surface area (Å²) in [5.74, 6) is 0. The van der Waals surface area contributed by atoms with Crippen LogP contribution in [0.1, 0.15) is 18.4 Å². The first-order chi connectivity index (χ1) is 7.38. The smallest absolute Gasteiger partial charge is 0.187 e. The molecule has 1 aliphatic heterocycles. The van der Waals surface area contributed by atoms with E-state index in [9.17, 15) is 4.79 Å². The summed E-state index contributed by atoms with van der Waals surface area (Å²) in [4.78, 5) is 15.4.